The predicted molar refractivity (Wildman–Crippen MR) is 107 cm³/mol. The number of nitrogens with one attached hydrogen (secondary N) is 2. The number of benzene rings is 1. The molecule has 0 saturated heterocycles. The molecule has 5 nitrogen and oxygen atoms in total. The van der Waals surface area contributed by atoms with E-state index in [0.717, 1.165) is 18.7 Å². The Labute approximate surface area is 163 Å². The smallest absolute Gasteiger partial charge is 0.261 e. The van der Waals surface area contributed by atoms with Crippen LogP contribution in [-0.4, -0.2) is 42.9 Å². The minimum atomic E-state index is -0.235. The summed E-state index contributed by atoms with van der Waals surface area (Å²) in [6.07, 6.45) is 0. The number of thiophene rings is 1. The average Bonchev–Trinajstić information content (AvgIpc) is 3.19. The van der Waals surface area contributed by atoms with Crippen molar-refractivity contribution >= 4 is 34.8 Å². The number of amides is 2. The van der Waals surface area contributed by atoms with Gasteiger partial charge in [-0.05, 0) is 36.2 Å². The van der Waals surface area contributed by atoms with Crippen molar-refractivity contribution in [2.45, 2.75) is 19.9 Å². The molecule has 2 aromatic rings. The van der Waals surface area contributed by atoms with Crippen LogP contribution in [0.25, 0.3) is 0 Å². The normalized spacial score (nSPS) is 12.0. The molecule has 0 aliphatic heterocycles. The molecule has 140 valence electrons. The molecule has 0 spiro atoms. The Bertz CT molecular complexity index is 717. The molecule has 0 bridgehead atoms. The topological polar surface area (TPSA) is 61.4 Å². The highest BCUT2D eigenvalue weighted by Crippen LogP contribution is 2.26. The highest BCUT2D eigenvalue weighted by molar-refractivity contribution is 7.12. The van der Waals surface area contributed by atoms with E-state index < -0.39 is 0 Å². The monoisotopic (exact) mass is 393 g/mol. The summed E-state index contributed by atoms with van der Waals surface area (Å²) in [5, 5.41) is 8.06. The number of halogens is 1. The van der Waals surface area contributed by atoms with Crippen LogP contribution in [0.2, 0.25) is 5.02 Å². The molecule has 1 atom stereocenters. The Morgan fingerprint density at radius 1 is 1.12 bits per heavy atom. The molecule has 2 amide bonds. The molecular weight excluding hydrogens is 370 g/mol. The van der Waals surface area contributed by atoms with Gasteiger partial charge in [-0.2, -0.15) is 0 Å². The van der Waals surface area contributed by atoms with Crippen molar-refractivity contribution in [1.82, 2.24) is 15.5 Å². The first kappa shape index (κ1) is 20.4. The summed E-state index contributed by atoms with van der Waals surface area (Å²) in [6.45, 7) is 6.23. The highest BCUT2D eigenvalue weighted by Gasteiger charge is 2.21. The molecule has 2 rings (SSSR count). The van der Waals surface area contributed by atoms with Gasteiger partial charge >= 0.3 is 0 Å². The molecule has 0 aliphatic carbocycles. The van der Waals surface area contributed by atoms with Gasteiger partial charge in [0, 0.05) is 11.6 Å². The van der Waals surface area contributed by atoms with Crippen molar-refractivity contribution in [3.63, 3.8) is 0 Å². The van der Waals surface area contributed by atoms with E-state index in [-0.39, 0.29) is 24.4 Å². The number of likely N-dealkylation sites (N-methyl/N-ethyl adjacent to an activating group) is 1. The van der Waals surface area contributed by atoms with E-state index in [2.05, 4.69) is 29.4 Å². The van der Waals surface area contributed by atoms with Gasteiger partial charge in [0.05, 0.1) is 17.5 Å². The summed E-state index contributed by atoms with van der Waals surface area (Å²) in [7, 11) is 0. The maximum Gasteiger partial charge on any atom is 0.261 e. The van der Waals surface area contributed by atoms with Crippen molar-refractivity contribution in [3.8, 4) is 0 Å². The molecule has 0 radical (unpaired) electrons. The second kappa shape index (κ2) is 10.3. The number of carbonyl (C=O) groups is 2. The SMILES string of the molecule is CCN(CC)C(CNC(=O)CNC(=O)c1cccs1)c1ccccc1Cl. The molecule has 1 unspecified atom stereocenters. The zero-order valence-electron chi connectivity index (χ0n) is 15.0. The van der Waals surface area contributed by atoms with Crippen molar-refractivity contribution in [1.29, 1.82) is 0 Å². The van der Waals surface area contributed by atoms with Gasteiger partial charge < -0.3 is 10.6 Å². The van der Waals surface area contributed by atoms with Crippen molar-refractivity contribution in [3.05, 3.63) is 57.2 Å². The number of carbonyl (C=O) groups excluding carboxylic acids is 2. The molecule has 1 aromatic carbocycles. The van der Waals surface area contributed by atoms with Crippen LogP contribution in [0, 0.1) is 0 Å². The molecule has 7 heteroatoms. The summed E-state index contributed by atoms with van der Waals surface area (Å²) in [5.41, 5.74) is 0.987. The number of hydrogen-bond donors (Lipinski definition) is 2. The van der Waals surface area contributed by atoms with Crippen molar-refractivity contribution < 1.29 is 9.59 Å². The van der Waals surface area contributed by atoms with Crippen LogP contribution in [0.1, 0.15) is 35.1 Å². The van der Waals surface area contributed by atoms with Crippen LogP contribution in [0.3, 0.4) is 0 Å². The molecule has 1 aromatic heterocycles. The standard InChI is InChI=1S/C19H24ClN3O2S/c1-3-23(4-2)16(14-8-5-6-9-15(14)20)12-21-18(24)13-22-19(25)17-10-7-11-26-17/h5-11,16H,3-4,12-13H2,1-2H3,(H,21,24)(H,22,25). The van der Waals surface area contributed by atoms with E-state index >= 15 is 0 Å². The fourth-order valence-corrected chi connectivity index (χ4v) is 3.68. The maximum absolute atomic E-state index is 12.2. The molecule has 1 heterocycles. The third-order valence-electron chi connectivity index (χ3n) is 4.16. The first-order valence-electron chi connectivity index (χ1n) is 8.63. The summed E-state index contributed by atoms with van der Waals surface area (Å²) in [4.78, 5) is 26.9. The third kappa shape index (κ3) is 5.56. The lowest BCUT2D eigenvalue weighted by molar-refractivity contribution is -0.120. The molecule has 0 saturated carbocycles. The Hall–Kier alpha value is -1.89. The van der Waals surface area contributed by atoms with E-state index in [1.54, 1.807) is 12.1 Å². The van der Waals surface area contributed by atoms with Gasteiger partial charge in [0.25, 0.3) is 5.91 Å². The Morgan fingerprint density at radius 2 is 1.85 bits per heavy atom. The zero-order valence-corrected chi connectivity index (χ0v) is 16.6. The molecule has 26 heavy (non-hydrogen) atoms. The summed E-state index contributed by atoms with van der Waals surface area (Å²) in [6, 6.07) is 11.2. The first-order valence-corrected chi connectivity index (χ1v) is 9.89. The fraction of sp³-hybridized carbons (Fsp3) is 0.368. The zero-order chi connectivity index (χ0) is 18.9. The van der Waals surface area contributed by atoms with Gasteiger partial charge in [0.1, 0.15) is 0 Å². The van der Waals surface area contributed by atoms with E-state index in [0.29, 0.717) is 16.4 Å². The minimum absolute atomic E-state index is 0.0179. The van der Waals surface area contributed by atoms with Gasteiger partial charge in [-0.3, -0.25) is 14.5 Å². The summed E-state index contributed by atoms with van der Waals surface area (Å²) >= 11 is 7.70. The van der Waals surface area contributed by atoms with E-state index in [4.69, 9.17) is 11.6 Å². The van der Waals surface area contributed by atoms with Gasteiger partial charge in [-0.25, -0.2) is 0 Å². The van der Waals surface area contributed by atoms with Crippen LogP contribution < -0.4 is 10.6 Å². The number of rotatable bonds is 9. The Kier molecular flexibility index (Phi) is 8.09. The van der Waals surface area contributed by atoms with Gasteiger partial charge in [-0.1, -0.05) is 49.7 Å². The third-order valence-corrected chi connectivity index (χ3v) is 5.38. The van der Waals surface area contributed by atoms with E-state index in [1.807, 2.05) is 29.6 Å². The van der Waals surface area contributed by atoms with Gasteiger partial charge in [0.2, 0.25) is 5.91 Å². The van der Waals surface area contributed by atoms with Crippen molar-refractivity contribution in [2.24, 2.45) is 0 Å². The Balaban J connectivity index is 1.95. The van der Waals surface area contributed by atoms with Crippen LogP contribution in [0.4, 0.5) is 0 Å². The number of hydrogen-bond acceptors (Lipinski definition) is 4. The summed E-state index contributed by atoms with van der Waals surface area (Å²) in [5.74, 6) is -0.458. The molecular formula is C19H24ClN3O2S. The van der Waals surface area contributed by atoms with E-state index in [1.165, 1.54) is 11.3 Å². The summed E-state index contributed by atoms with van der Waals surface area (Å²) < 4.78 is 0. The van der Waals surface area contributed by atoms with Gasteiger partial charge in [-0.15, -0.1) is 11.3 Å². The lowest BCUT2D eigenvalue weighted by atomic mass is 10.0. The largest absolute Gasteiger partial charge is 0.353 e. The van der Waals surface area contributed by atoms with Crippen LogP contribution in [0.15, 0.2) is 41.8 Å². The lowest BCUT2D eigenvalue weighted by Gasteiger charge is -2.31. The quantitative estimate of drug-likeness (QED) is 0.686. The molecule has 2 N–H and O–H groups in total. The highest BCUT2D eigenvalue weighted by atomic mass is 35.5. The average molecular weight is 394 g/mol. The van der Waals surface area contributed by atoms with Crippen molar-refractivity contribution in [2.75, 3.05) is 26.2 Å². The lowest BCUT2D eigenvalue weighted by Crippen LogP contribution is -2.42. The fourth-order valence-electron chi connectivity index (χ4n) is 2.77. The minimum Gasteiger partial charge on any atom is -0.353 e. The maximum atomic E-state index is 12.2. The van der Waals surface area contributed by atoms with Crippen LogP contribution in [0.5, 0.6) is 0 Å². The predicted octanol–water partition coefficient (Wildman–Crippen LogP) is 3.33. The second-order valence-corrected chi connectivity index (χ2v) is 7.08. The van der Waals surface area contributed by atoms with Crippen LogP contribution >= 0.6 is 22.9 Å². The molecule has 0 aliphatic rings. The number of nitrogens with zero attached hydrogens (tertiary/aromatic N) is 1. The van der Waals surface area contributed by atoms with Gasteiger partial charge in [0.15, 0.2) is 0 Å². The Morgan fingerprint density at radius 3 is 2.46 bits per heavy atom. The van der Waals surface area contributed by atoms with Crippen LogP contribution in [-0.2, 0) is 4.79 Å². The van der Waals surface area contributed by atoms with E-state index in [9.17, 15) is 9.59 Å². The molecule has 0 fully saturated rings. The second-order valence-electron chi connectivity index (χ2n) is 5.72. The first-order chi connectivity index (χ1) is 12.6.